The van der Waals surface area contributed by atoms with Crippen LogP contribution in [0.25, 0.3) is 22.1 Å². The van der Waals surface area contributed by atoms with Crippen molar-refractivity contribution in [1.82, 2.24) is 19.9 Å². The Balaban J connectivity index is 0.000000168. The zero-order valence-corrected chi connectivity index (χ0v) is 24.9. The summed E-state index contributed by atoms with van der Waals surface area (Å²) < 4.78 is 11.3. The van der Waals surface area contributed by atoms with Crippen molar-refractivity contribution in [1.29, 1.82) is 0 Å². The molecule has 0 atom stereocenters. The number of Topliss-reactive ketones (excluding diaryl/α,β-unsaturated/α-hetero) is 1. The van der Waals surface area contributed by atoms with Gasteiger partial charge in [0.1, 0.15) is 6.61 Å². The van der Waals surface area contributed by atoms with Crippen LogP contribution in [0.15, 0.2) is 73.1 Å². The highest BCUT2D eigenvalue weighted by Crippen LogP contribution is 2.34. The predicted molar refractivity (Wildman–Crippen MR) is 166 cm³/mol. The number of fused-ring (bicyclic) bond motifs is 2. The van der Waals surface area contributed by atoms with Crippen LogP contribution in [0.1, 0.15) is 63.8 Å². The smallest absolute Gasteiger partial charge is 0.159 e. The van der Waals surface area contributed by atoms with Gasteiger partial charge in [-0.1, -0.05) is 12.2 Å². The molecule has 2 aliphatic carbocycles. The van der Waals surface area contributed by atoms with Gasteiger partial charge in [0.25, 0.3) is 0 Å². The Morgan fingerprint density at radius 3 is 1.67 bits per heavy atom. The second-order valence-corrected chi connectivity index (χ2v) is 12.0. The molecule has 0 spiro atoms. The molecule has 0 saturated heterocycles. The number of pyridine rings is 4. The van der Waals surface area contributed by atoms with Crippen molar-refractivity contribution in [3.8, 4) is 0 Å². The van der Waals surface area contributed by atoms with Gasteiger partial charge < -0.3 is 9.47 Å². The van der Waals surface area contributed by atoms with E-state index in [1.165, 1.54) is 19.3 Å². The van der Waals surface area contributed by atoms with Crippen LogP contribution >= 0.6 is 0 Å². The minimum Gasteiger partial charge on any atom is -0.374 e. The largest absolute Gasteiger partial charge is 0.374 e. The van der Waals surface area contributed by atoms with Gasteiger partial charge in [-0.05, 0) is 126 Å². The second-order valence-electron chi connectivity index (χ2n) is 12.0. The van der Waals surface area contributed by atoms with Crippen molar-refractivity contribution in [3.63, 3.8) is 0 Å². The molecule has 0 aliphatic heterocycles. The van der Waals surface area contributed by atoms with E-state index in [4.69, 9.17) is 9.47 Å². The van der Waals surface area contributed by atoms with E-state index in [0.29, 0.717) is 18.6 Å². The van der Waals surface area contributed by atoms with Gasteiger partial charge in [-0.15, -0.1) is 0 Å². The first kappa shape index (κ1) is 29.9. The molecule has 4 heterocycles. The van der Waals surface area contributed by atoms with Crippen LogP contribution in [0, 0.1) is 11.8 Å². The molecule has 0 radical (unpaired) electrons. The van der Waals surface area contributed by atoms with Crippen molar-refractivity contribution < 1.29 is 14.3 Å². The van der Waals surface area contributed by atoms with Gasteiger partial charge in [0.2, 0.25) is 0 Å². The molecule has 7 nitrogen and oxygen atoms in total. The average molecular weight is 567 g/mol. The Morgan fingerprint density at radius 1 is 0.738 bits per heavy atom. The summed E-state index contributed by atoms with van der Waals surface area (Å²) in [7, 11) is 0. The Morgan fingerprint density at radius 2 is 1.21 bits per heavy atom. The van der Waals surface area contributed by atoms with Gasteiger partial charge in [0.15, 0.2) is 17.1 Å². The summed E-state index contributed by atoms with van der Waals surface area (Å²) in [6, 6.07) is 16.4. The zero-order chi connectivity index (χ0) is 29.3. The fourth-order valence-electron chi connectivity index (χ4n) is 5.55. The number of nitrogens with zero attached hydrogens (tertiary/aromatic N) is 4. The van der Waals surface area contributed by atoms with Crippen LogP contribution in [-0.4, -0.2) is 51.1 Å². The van der Waals surface area contributed by atoms with E-state index in [1.54, 1.807) is 19.3 Å². The molecule has 2 aliphatic rings. The topological polar surface area (TPSA) is 87.1 Å². The minimum atomic E-state index is 0.103. The molecular weight excluding hydrogens is 524 g/mol. The van der Waals surface area contributed by atoms with Crippen molar-refractivity contribution in [2.45, 2.75) is 77.4 Å². The third kappa shape index (κ3) is 8.73. The van der Waals surface area contributed by atoms with E-state index in [0.717, 1.165) is 77.0 Å². The molecular formula is C35H42N4O3. The Bertz CT molecular complexity index is 1380. The van der Waals surface area contributed by atoms with Crippen LogP contribution in [0.3, 0.4) is 0 Å². The fraction of sp³-hybridized carbons (Fsp3) is 0.457. The molecule has 0 unspecified atom stereocenters. The van der Waals surface area contributed by atoms with Crippen molar-refractivity contribution in [2.75, 3.05) is 13.2 Å². The number of ketones is 1. The van der Waals surface area contributed by atoms with Gasteiger partial charge in [-0.25, -0.2) is 19.9 Å². The maximum absolute atomic E-state index is 10.8. The van der Waals surface area contributed by atoms with Crippen LogP contribution in [0.5, 0.6) is 0 Å². The summed E-state index contributed by atoms with van der Waals surface area (Å²) in [4.78, 5) is 28.7. The Labute approximate surface area is 248 Å². The number of hydrogen-bond donors (Lipinski definition) is 0. The summed E-state index contributed by atoms with van der Waals surface area (Å²) in [6.07, 6.45) is 13.1. The molecule has 0 aromatic carbocycles. The summed E-state index contributed by atoms with van der Waals surface area (Å²) in [5.74, 6) is 1.58. The molecule has 7 heteroatoms. The fourth-order valence-corrected chi connectivity index (χ4v) is 5.55. The van der Waals surface area contributed by atoms with E-state index in [2.05, 4.69) is 56.8 Å². The average Bonchev–Trinajstić information content (AvgIpc) is 2.95. The third-order valence-electron chi connectivity index (χ3n) is 8.13. The molecule has 0 amide bonds. The second kappa shape index (κ2) is 14.6. The van der Waals surface area contributed by atoms with Crippen LogP contribution in [-0.2, 0) is 27.1 Å². The lowest BCUT2D eigenvalue weighted by atomic mass is 9.79. The highest BCUT2D eigenvalue weighted by atomic mass is 16.5. The molecule has 0 N–H and O–H groups in total. The number of hydrogen-bond acceptors (Lipinski definition) is 7. The third-order valence-corrected chi connectivity index (χ3v) is 8.13. The van der Waals surface area contributed by atoms with Gasteiger partial charge in [-0.3, -0.25) is 4.79 Å². The van der Waals surface area contributed by atoms with Crippen molar-refractivity contribution >= 4 is 27.9 Å². The van der Waals surface area contributed by atoms with Gasteiger partial charge in [0.05, 0.1) is 18.8 Å². The van der Waals surface area contributed by atoms with E-state index >= 15 is 0 Å². The lowest BCUT2D eigenvalue weighted by Gasteiger charge is -2.35. The lowest BCUT2D eigenvalue weighted by molar-refractivity contribution is -0.126. The van der Waals surface area contributed by atoms with Gasteiger partial charge >= 0.3 is 0 Å². The van der Waals surface area contributed by atoms with Crippen LogP contribution < -0.4 is 0 Å². The SMILES string of the molecule is C=C(C)COC1CC(CCc2ccc3cccnc3n2)C1.CC(=O)COC1CC(CCc2ccc3cccnc3n2)C1. The number of rotatable bonds is 12. The number of aryl methyl sites for hydroxylation is 2. The van der Waals surface area contributed by atoms with Crippen molar-refractivity contribution in [2.24, 2.45) is 11.8 Å². The van der Waals surface area contributed by atoms with Gasteiger partial charge in [0, 0.05) is 34.6 Å². The van der Waals surface area contributed by atoms with Crippen LogP contribution in [0.2, 0.25) is 0 Å². The Hall–Kier alpha value is -3.55. The molecule has 2 saturated carbocycles. The first-order valence-corrected chi connectivity index (χ1v) is 15.2. The first-order valence-electron chi connectivity index (χ1n) is 15.2. The monoisotopic (exact) mass is 566 g/mol. The highest BCUT2D eigenvalue weighted by molar-refractivity contribution is 5.76. The Kier molecular flexibility index (Phi) is 10.4. The summed E-state index contributed by atoms with van der Waals surface area (Å²) in [5, 5.41) is 2.20. The quantitative estimate of drug-likeness (QED) is 0.173. The molecule has 6 rings (SSSR count). The first-order chi connectivity index (χ1) is 20.4. The molecule has 42 heavy (non-hydrogen) atoms. The molecule has 2 fully saturated rings. The predicted octanol–water partition coefficient (Wildman–Crippen LogP) is 6.88. The summed E-state index contributed by atoms with van der Waals surface area (Å²) in [5.41, 5.74) is 5.03. The van der Waals surface area contributed by atoms with E-state index < -0.39 is 0 Å². The number of carbonyl (C=O) groups excluding carboxylic acids is 1. The molecule has 0 bridgehead atoms. The van der Waals surface area contributed by atoms with Crippen LogP contribution in [0.4, 0.5) is 0 Å². The van der Waals surface area contributed by atoms with E-state index in [1.807, 2.05) is 25.1 Å². The minimum absolute atomic E-state index is 0.103. The summed E-state index contributed by atoms with van der Waals surface area (Å²) >= 11 is 0. The maximum atomic E-state index is 10.8. The number of aromatic nitrogens is 4. The lowest BCUT2D eigenvalue weighted by Crippen LogP contribution is -2.32. The summed E-state index contributed by atoms with van der Waals surface area (Å²) in [6.45, 7) is 8.40. The van der Waals surface area contributed by atoms with E-state index in [9.17, 15) is 4.79 Å². The molecule has 4 aromatic rings. The standard InChI is InChI=1S/C18H22N2O.C17H20N2O2/c1-13(2)12-21-17-10-14(11-17)5-7-16-8-6-15-4-3-9-19-18(15)20-16;1-12(20)11-21-16-9-13(10-16)4-6-15-7-5-14-3-2-8-18-17(14)19-15/h3-4,6,8-9,14,17H,1,5,7,10-12H2,2H3;2-3,5,7-8,13,16H,4,6,9-11H2,1H3. The van der Waals surface area contributed by atoms with Gasteiger partial charge in [-0.2, -0.15) is 0 Å². The van der Waals surface area contributed by atoms with Crippen molar-refractivity contribution in [3.05, 3.63) is 84.5 Å². The molecule has 4 aromatic heterocycles. The highest BCUT2D eigenvalue weighted by Gasteiger charge is 2.30. The number of carbonyl (C=O) groups is 1. The maximum Gasteiger partial charge on any atom is 0.159 e. The number of ether oxygens (including phenoxy) is 2. The zero-order valence-electron chi connectivity index (χ0n) is 24.9. The van der Waals surface area contributed by atoms with E-state index in [-0.39, 0.29) is 18.5 Å². The normalized spacial score (nSPS) is 21.2. The molecule has 220 valence electrons.